The number of aromatic nitrogens is 1. The number of benzene rings is 1. The van der Waals surface area contributed by atoms with Crippen molar-refractivity contribution in [1.29, 1.82) is 0 Å². The summed E-state index contributed by atoms with van der Waals surface area (Å²) in [6, 6.07) is 4.37. The maximum absolute atomic E-state index is 11.6. The van der Waals surface area contributed by atoms with E-state index in [2.05, 4.69) is 0 Å². The molecule has 0 radical (unpaired) electrons. The van der Waals surface area contributed by atoms with Gasteiger partial charge >= 0.3 is 5.97 Å². The molecule has 2 rings (SSSR count). The summed E-state index contributed by atoms with van der Waals surface area (Å²) in [5.74, 6) is -1.33. The summed E-state index contributed by atoms with van der Waals surface area (Å²) in [6.45, 7) is 3.03. The van der Waals surface area contributed by atoms with E-state index in [1.165, 1.54) is 23.6 Å². The molecule has 18 heavy (non-hydrogen) atoms. The molecule has 0 aliphatic heterocycles. The first-order chi connectivity index (χ1) is 8.47. The molecular weight excluding hydrogens is 234 g/mol. The van der Waals surface area contributed by atoms with E-state index in [1.807, 2.05) is 0 Å². The number of aldehydes is 1. The molecule has 5 nitrogen and oxygen atoms in total. The van der Waals surface area contributed by atoms with Gasteiger partial charge < -0.3 is 5.11 Å². The van der Waals surface area contributed by atoms with Crippen LogP contribution in [0.1, 0.15) is 38.1 Å². The summed E-state index contributed by atoms with van der Waals surface area (Å²) in [5.41, 5.74) is 1.47. The fourth-order valence-electron chi connectivity index (χ4n) is 2.13. The molecule has 1 aromatic carbocycles. The fourth-order valence-corrected chi connectivity index (χ4v) is 2.13. The van der Waals surface area contributed by atoms with Gasteiger partial charge in [0.15, 0.2) is 6.29 Å². The second-order valence-corrected chi connectivity index (χ2v) is 4.01. The zero-order chi connectivity index (χ0) is 13.4. The first kappa shape index (κ1) is 12.0. The highest BCUT2D eigenvalue weighted by Crippen LogP contribution is 2.25. The van der Waals surface area contributed by atoms with Gasteiger partial charge in [0, 0.05) is 23.6 Å². The smallest absolute Gasteiger partial charge is 0.335 e. The fraction of sp³-hybridized carbons (Fsp3) is 0.154. The van der Waals surface area contributed by atoms with E-state index in [4.69, 9.17) is 5.11 Å². The number of aromatic carboxylic acids is 1. The molecule has 1 aromatic heterocycles. The van der Waals surface area contributed by atoms with Crippen molar-refractivity contribution in [2.24, 2.45) is 0 Å². The van der Waals surface area contributed by atoms with Gasteiger partial charge in [-0.05, 0) is 19.1 Å². The third-order valence-corrected chi connectivity index (χ3v) is 2.93. The van der Waals surface area contributed by atoms with Crippen LogP contribution in [-0.2, 0) is 0 Å². The van der Waals surface area contributed by atoms with Gasteiger partial charge in [-0.15, -0.1) is 0 Å². The van der Waals surface area contributed by atoms with Crippen molar-refractivity contribution in [1.82, 2.24) is 4.57 Å². The average Bonchev–Trinajstić information content (AvgIpc) is 2.59. The Bertz CT molecular complexity index is 682. The maximum Gasteiger partial charge on any atom is 0.335 e. The topological polar surface area (TPSA) is 76.4 Å². The van der Waals surface area contributed by atoms with Crippen LogP contribution in [-0.4, -0.2) is 27.8 Å². The molecule has 92 valence electrons. The molecule has 0 amide bonds. The molecule has 2 aromatic rings. The van der Waals surface area contributed by atoms with E-state index in [1.54, 1.807) is 13.0 Å². The molecule has 1 N–H and O–H groups in total. The molecular formula is C13H11NO4. The Kier molecular flexibility index (Phi) is 2.74. The van der Waals surface area contributed by atoms with Gasteiger partial charge in [0.2, 0.25) is 5.91 Å². The Labute approximate surface area is 103 Å². The summed E-state index contributed by atoms with van der Waals surface area (Å²) >= 11 is 0. The van der Waals surface area contributed by atoms with Crippen LogP contribution in [0.2, 0.25) is 0 Å². The number of carboxylic acid groups (broad SMARTS) is 1. The van der Waals surface area contributed by atoms with Crippen LogP contribution in [0, 0.1) is 6.92 Å². The lowest BCUT2D eigenvalue weighted by molar-refractivity contribution is 0.0696. The lowest BCUT2D eigenvalue weighted by Gasteiger charge is -2.02. The standard InChI is InChI=1S/C13H11NO4/c1-7-11(6-15)10-4-3-9(13(17)18)5-12(10)14(7)8(2)16/h3-6H,1-2H3,(H,17,18). The number of hydrogen-bond acceptors (Lipinski definition) is 3. The van der Waals surface area contributed by atoms with Crippen molar-refractivity contribution in [3.63, 3.8) is 0 Å². The molecule has 0 atom stereocenters. The quantitative estimate of drug-likeness (QED) is 0.822. The largest absolute Gasteiger partial charge is 0.478 e. The van der Waals surface area contributed by atoms with Crippen LogP contribution >= 0.6 is 0 Å². The predicted octanol–water partition coefficient (Wildman–Crippen LogP) is 2.12. The SMILES string of the molecule is CC(=O)n1c(C)c(C=O)c2ccc(C(=O)O)cc21. The second kappa shape index (κ2) is 4.10. The molecule has 1 heterocycles. The Hall–Kier alpha value is -2.43. The predicted molar refractivity (Wildman–Crippen MR) is 65.3 cm³/mol. The van der Waals surface area contributed by atoms with Crippen molar-refractivity contribution in [2.45, 2.75) is 13.8 Å². The van der Waals surface area contributed by atoms with E-state index in [0.717, 1.165) is 0 Å². The highest BCUT2D eigenvalue weighted by molar-refractivity contribution is 6.05. The van der Waals surface area contributed by atoms with E-state index >= 15 is 0 Å². The Morgan fingerprint density at radius 3 is 2.50 bits per heavy atom. The van der Waals surface area contributed by atoms with E-state index in [9.17, 15) is 14.4 Å². The molecule has 0 unspecified atom stereocenters. The summed E-state index contributed by atoms with van der Waals surface area (Å²) in [4.78, 5) is 33.6. The number of nitrogens with zero attached hydrogens (tertiary/aromatic N) is 1. The minimum Gasteiger partial charge on any atom is -0.478 e. The van der Waals surface area contributed by atoms with E-state index in [0.29, 0.717) is 28.4 Å². The van der Waals surface area contributed by atoms with Crippen LogP contribution in [0.5, 0.6) is 0 Å². The first-order valence-corrected chi connectivity index (χ1v) is 5.32. The van der Waals surface area contributed by atoms with Crippen molar-refractivity contribution in [3.05, 3.63) is 35.0 Å². The number of fused-ring (bicyclic) bond motifs is 1. The van der Waals surface area contributed by atoms with Gasteiger partial charge in [-0.2, -0.15) is 0 Å². The lowest BCUT2D eigenvalue weighted by Crippen LogP contribution is -2.08. The van der Waals surface area contributed by atoms with Crippen molar-refractivity contribution < 1.29 is 19.5 Å². The van der Waals surface area contributed by atoms with Crippen molar-refractivity contribution in [2.75, 3.05) is 0 Å². The van der Waals surface area contributed by atoms with Crippen molar-refractivity contribution >= 4 is 29.1 Å². The summed E-state index contributed by atoms with van der Waals surface area (Å²) < 4.78 is 1.35. The van der Waals surface area contributed by atoms with E-state index < -0.39 is 5.97 Å². The van der Waals surface area contributed by atoms with Gasteiger partial charge in [0.25, 0.3) is 0 Å². The van der Waals surface area contributed by atoms with Crippen molar-refractivity contribution in [3.8, 4) is 0 Å². The molecule has 0 bridgehead atoms. The highest BCUT2D eigenvalue weighted by Gasteiger charge is 2.17. The van der Waals surface area contributed by atoms with Crippen LogP contribution < -0.4 is 0 Å². The Morgan fingerprint density at radius 2 is 2.00 bits per heavy atom. The first-order valence-electron chi connectivity index (χ1n) is 5.32. The number of carbonyl (C=O) groups excluding carboxylic acids is 2. The lowest BCUT2D eigenvalue weighted by atomic mass is 10.1. The molecule has 0 saturated heterocycles. The maximum atomic E-state index is 11.6. The number of rotatable bonds is 2. The molecule has 0 aliphatic carbocycles. The minimum atomic E-state index is -1.07. The van der Waals surface area contributed by atoms with Crippen LogP contribution in [0.15, 0.2) is 18.2 Å². The summed E-state index contributed by atoms with van der Waals surface area (Å²) in [7, 11) is 0. The van der Waals surface area contributed by atoms with E-state index in [-0.39, 0.29) is 11.5 Å². The Morgan fingerprint density at radius 1 is 1.33 bits per heavy atom. The van der Waals surface area contributed by atoms with Gasteiger partial charge in [-0.25, -0.2) is 4.79 Å². The molecule has 0 aliphatic rings. The van der Waals surface area contributed by atoms with Crippen LogP contribution in [0.4, 0.5) is 0 Å². The number of carboxylic acids is 1. The molecule has 5 heteroatoms. The van der Waals surface area contributed by atoms with Gasteiger partial charge in [0.1, 0.15) is 0 Å². The zero-order valence-electron chi connectivity index (χ0n) is 9.93. The van der Waals surface area contributed by atoms with Crippen LogP contribution in [0.3, 0.4) is 0 Å². The average molecular weight is 245 g/mol. The van der Waals surface area contributed by atoms with Crippen LogP contribution in [0.25, 0.3) is 10.9 Å². The summed E-state index contributed by atoms with van der Waals surface area (Å²) in [5, 5.41) is 9.53. The molecule has 0 fully saturated rings. The zero-order valence-corrected chi connectivity index (χ0v) is 9.93. The molecule has 0 saturated carbocycles. The number of hydrogen-bond donors (Lipinski definition) is 1. The normalized spacial score (nSPS) is 10.6. The second-order valence-electron chi connectivity index (χ2n) is 4.01. The summed E-state index contributed by atoms with van der Waals surface area (Å²) in [6.07, 6.45) is 0.678. The highest BCUT2D eigenvalue weighted by atomic mass is 16.4. The number of carbonyl (C=O) groups is 3. The Balaban J connectivity index is 2.92. The van der Waals surface area contributed by atoms with Gasteiger partial charge in [-0.1, -0.05) is 6.07 Å². The monoisotopic (exact) mass is 245 g/mol. The minimum absolute atomic E-state index is 0.0833. The molecule has 0 spiro atoms. The third kappa shape index (κ3) is 1.60. The van der Waals surface area contributed by atoms with Gasteiger partial charge in [-0.3, -0.25) is 14.2 Å². The third-order valence-electron chi connectivity index (χ3n) is 2.93. The van der Waals surface area contributed by atoms with Gasteiger partial charge in [0.05, 0.1) is 11.1 Å².